The highest BCUT2D eigenvalue weighted by molar-refractivity contribution is 7.99. The lowest BCUT2D eigenvalue weighted by Gasteiger charge is -2.11. The minimum absolute atomic E-state index is 0.609. The lowest BCUT2D eigenvalue weighted by molar-refractivity contribution is 0.537. The molecule has 6 heteroatoms. The molecule has 0 aliphatic heterocycles. The van der Waals surface area contributed by atoms with Crippen molar-refractivity contribution in [2.45, 2.75) is 107 Å². The van der Waals surface area contributed by atoms with Gasteiger partial charge in [-0.05, 0) is 30.7 Å². The highest BCUT2D eigenvalue weighted by Crippen LogP contribution is 2.33. The summed E-state index contributed by atoms with van der Waals surface area (Å²) in [5, 5.41) is 4.87. The molecule has 0 atom stereocenters. The molecular formula is C26H41ClN4S. The predicted molar refractivity (Wildman–Crippen MR) is 141 cm³/mol. The van der Waals surface area contributed by atoms with Crippen LogP contribution in [0.4, 0.5) is 11.5 Å². The third-order valence-electron chi connectivity index (χ3n) is 5.70. The Morgan fingerprint density at radius 1 is 0.781 bits per heavy atom. The Hall–Kier alpha value is -1.46. The van der Waals surface area contributed by atoms with Crippen LogP contribution in [0.5, 0.6) is 0 Å². The monoisotopic (exact) mass is 476 g/mol. The van der Waals surface area contributed by atoms with E-state index in [-0.39, 0.29) is 0 Å². The van der Waals surface area contributed by atoms with Crippen molar-refractivity contribution in [3.05, 3.63) is 35.6 Å². The van der Waals surface area contributed by atoms with Crippen molar-refractivity contribution in [3.8, 4) is 0 Å². The van der Waals surface area contributed by atoms with E-state index in [1.54, 1.807) is 6.33 Å². The zero-order valence-electron chi connectivity index (χ0n) is 19.8. The number of anilines is 2. The first-order valence-corrected chi connectivity index (χ1v) is 13.7. The van der Waals surface area contributed by atoms with Crippen molar-refractivity contribution in [3.63, 3.8) is 0 Å². The van der Waals surface area contributed by atoms with Crippen molar-refractivity contribution in [1.82, 2.24) is 9.97 Å². The summed E-state index contributed by atoms with van der Waals surface area (Å²) in [6, 6.07) is 7.68. The fourth-order valence-corrected chi connectivity index (χ4v) is 4.67. The third kappa shape index (κ3) is 11.4. The van der Waals surface area contributed by atoms with Crippen LogP contribution in [-0.4, -0.2) is 16.5 Å². The number of nitrogens with one attached hydrogen (secondary N) is 1. The van der Waals surface area contributed by atoms with Crippen LogP contribution >= 0.6 is 23.4 Å². The van der Waals surface area contributed by atoms with Gasteiger partial charge in [0.25, 0.3) is 0 Å². The molecule has 1 aromatic carbocycles. The van der Waals surface area contributed by atoms with E-state index in [2.05, 4.69) is 22.2 Å². The van der Waals surface area contributed by atoms with Crippen molar-refractivity contribution in [2.75, 3.05) is 17.6 Å². The first-order chi connectivity index (χ1) is 15.7. The SMILES string of the molecule is CCCCCCCCCCCCCCCCNc1ncnc(Sc2ccc(Cl)cc2)c1N. The minimum atomic E-state index is 0.609. The second kappa shape index (κ2) is 17.1. The molecule has 2 aromatic rings. The Balaban J connectivity index is 1.50. The van der Waals surface area contributed by atoms with Crippen molar-refractivity contribution < 1.29 is 0 Å². The number of nitrogens with zero attached hydrogens (tertiary/aromatic N) is 2. The van der Waals surface area contributed by atoms with Crippen LogP contribution in [0, 0.1) is 0 Å². The fourth-order valence-electron chi connectivity index (χ4n) is 3.74. The molecule has 32 heavy (non-hydrogen) atoms. The van der Waals surface area contributed by atoms with Crippen LogP contribution in [0.15, 0.2) is 40.5 Å². The second-order valence-electron chi connectivity index (χ2n) is 8.52. The molecule has 0 spiro atoms. The first kappa shape index (κ1) is 26.8. The standard InChI is InChI=1S/C26H41ClN4S/c1-2-3-4-5-6-7-8-9-10-11-12-13-14-15-20-29-25-24(28)26(31-21-30-25)32-23-18-16-22(27)17-19-23/h16-19,21H,2-15,20,28H2,1H3,(H,29,30,31). The van der Waals surface area contributed by atoms with E-state index in [4.69, 9.17) is 17.3 Å². The molecule has 0 bridgehead atoms. The van der Waals surface area contributed by atoms with Gasteiger partial charge in [0.1, 0.15) is 17.0 Å². The van der Waals surface area contributed by atoms with Gasteiger partial charge in [-0.1, -0.05) is 114 Å². The van der Waals surface area contributed by atoms with Crippen molar-refractivity contribution in [2.24, 2.45) is 0 Å². The normalized spacial score (nSPS) is 11.1. The maximum absolute atomic E-state index is 6.29. The van der Waals surface area contributed by atoms with E-state index in [0.717, 1.165) is 33.7 Å². The number of aromatic nitrogens is 2. The van der Waals surface area contributed by atoms with Gasteiger partial charge < -0.3 is 11.1 Å². The molecule has 1 aromatic heterocycles. The van der Waals surface area contributed by atoms with Gasteiger partial charge in [0, 0.05) is 16.5 Å². The number of halogens is 1. The van der Waals surface area contributed by atoms with Crippen LogP contribution in [-0.2, 0) is 0 Å². The first-order valence-electron chi connectivity index (χ1n) is 12.5. The Morgan fingerprint density at radius 3 is 1.88 bits per heavy atom. The molecule has 0 fully saturated rings. The molecule has 0 radical (unpaired) electrons. The molecule has 0 aliphatic carbocycles. The highest BCUT2D eigenvalue weighted by atomic mass is 35.5. The molecular weight excluding hydrogens is 436 g/mol. The van der Waals surface area contributed by atoms with Gasteiger partial charge in [-0.3, -0.25) is 0 Å². The number of nitrogens with two attached hydrogens (primary N) is 1. The number of hydrogen-bond donors (Lipinski definition) is 2. The van der Waals surface area contributed by atoms with Crippen LogP contribution in [0.25, 0.3) is 0 Å². The Kier molecular flexibility index (Phi) is 14.3. The summed E-state index contributed by atoms with van der Waals surface area (Å²) >= 11 is 7.48. The maximum Gasteiger partial charge on any atom is 0.153 e. The summed E-state index contributed by atoms with van der Waals surface area (Å²) in [6.07, 6.45) is 20.7. The maximum atomic E-state index is 6.29. The second-order valence-corrected chi connectivity index (χ2v) is 10.0. The summed E-state index contributed by atoms with van der Waals surface area (Å²) in [5.41, 5.74) is 6.90. The van der Waals surface area contributed by atoms with E-state index in [1.807, 2.05) is 24.3 Å². The summed E-state index contributed by atoms with van der Waals surface area (Å²) in [7, 11) is 0. The average Bonchev–Trinajstić information content (AvgIpc) is 2.80. The van der Waals surface area contributed by atoms with Gasteiger partial charge in [-0.2, -0.15) is 0 Å². The summed E-state index contributed by atoms with van der Waals surface area (Å²) in [4.78, 5) is 9.70. The zero-order valence-corrected chi connectivity index (χ0v) is 21.3. The quantitative estimate of drug-likeness (QED) is 0.166. The van der Waals surface area contributed by atoms with Crippen LogP contribution < -0.4 is 11.1 Å². The molecule has 0 saturated heterocycles. The Bertz CT molecular complexity index is 739. The molecule has 0 amide bonds. The van der Waals surface area contributed by atoms with Crippen molar-refractivity contribution in [1.29, 1.82) is 0 Å². The predicted octanol–water partition coefficient (Wildman–Crippen LogP) is 8.76. The van der Waals surface area contributed by atoms with E-state index in [0.29, 0.717) is 5.69 Å². The van der Waals surface area contributed by atoms with Crippen LogP contribution in [0.1, 0.15) is 96.8 Å². The lowest BCUT2D eigenvalue weighted by atomic mass is 10.0. The number of benzene rings is 1. The molecule has 178 valence electrons. The Morgan fingerprint density at radius 2 is 1.31 bits per heavy atom. The Labute approximate surface area is 204 Å². The topological polar surface area (TPSA) is 63.8 Å². The smallest absolute Gasteiger partial charge is 0.153 e. The number of hydrogen-bond acceptors (Lipinski definition) is 5. The molecule has 0 aliphatic rings. The van der Waals surface area contributed by atoms with E-state index in [1.165, 1.54) is 95.2 Å². The molecule has 0 saturated carbocycles. The number of unbranched alkanes of at least 4 members (excludes halogenated alkanes) is 13. The van der Waals surface area contributed by atoms with Crippen LogP contribution in [0.3, 0.4) is 0 Å². The van der Waals surface area contributed by atoms with Gasteiger partial charge >= 0.3 is 0 Å². The summed E-state index contributed by atoms with van der Waals surface area (Å²) < 4.78 is 0. The van der Waals surface area contributed by atoms with Gasteiger partial charge in [0.2, 0.25) is 0 Å². The molecule has 2 rings (SSSR count). The molecule has 3 N–H and O–H groups in total. The third-order valence-corrected chi connectivity index (χ3v) is 6.98. The van der Waals surface area contributed by atoms with E-state index >= 15 is 0 Å². The summed E-state index contributed by atoms with van der Waals surface area (Å²) in [5.74, 6) is 0.728. The average molecular weight is 477 g/mol. The molecule has 0 unspecified atom stereocenters. The van der Waals surface area contributed by atoms with Gasteiger partial charge in [0.05, 0.1) is 0 Å². The number of rotatable bonds is 18. The molecule has 1 heterocycles. The van der Waals surface area contributed by atoms with Gasteiger partial charge in [-0.15, -0.1) is 0 Å². The van der Waals surface area contributed by atoms with E-state index < -0.39 is 0 Å². The fraction of sp³-hybridized carbons (Fsp3) is 0.615. The lowest BCUT2D eigenvalue weighted by Crippen LogP contribution is -2.07. The highest BCUT2D eigenvalue weighted by Gasteiger charge is 2.09. The van der Waals surface area contributed by atoms with Crippen LogP contribution in [0.2, 0.25) is 5.02 Å². The number of nitrogen functional groups attached to an aromatic ring is 1. The summed E-state index contributed by atoms with van der Waals surface area (Å²) in [6.45, 7) is 3.17. The minimum Gasteiger partial charge on any atom is -0.394 e. The van der Waals surface area contributed by atoms with Crippen molar-refractivity contribution >= 4 is 34.9 Å². The molecule has 4 nitrogen and oxygen atoms in total. The van der Waals surface area contributed by atoms with Gasteiger partial charge in [0.15, 0.2) is 5.82 Å². The van der Waals surface area contributed by atoms with Gasteiger partial charge in [-0.25, -0.2) is 9.97 Å². The largest absolute Gasteiger partial charge is 0.394 e. The zero-order chi connectivity index (χ0) is 22.9. The van der Waals surface area contributed by atoms with E-state index in [9.17, 15) is 0 Å².